The van der Waals surface area contributed by atoms with Crippen LogP contribution >= 0.6 is 0 Å². The molecule has 2 aliphatic rings. The summed E-state index contributed by atoms with van der Waals surface area (Å²) in [5, 5.41) is 2.67. The van der Waals surface area contributed by atoms with Crippen LogP contribution in [-0.2, 0) is 20.6 Å². The SMILES string of the molecule is O=C(CN1C(=O)c2ccccc2CS1(=O)=O)Nc1ccc(N2CCCC2)cc1. The molecule has 0 saturated carbocycles. The molecule has 0 radical (unpaired) electrons. The van der Waals surface area contributed by atoms with E-state index in [-0.39, 0.29) is 5.75 Å². The fourth-order valence-corrected chi connectivity index (χ4v) is 5.09. The van der Waals surface area contributed by atoms with Crippen LogP contribution in [0.4, 0.5) is 11.4 Å². The van der Waals surface area contributed by atoms with Gasteiger partial charge < -0.3 is 10.2 Å². The molecule has 0 bridgehead atoms. The number of nitrogens with zero attached hydrogens (tertiary/aromatic N) is 2. The lowest BCUT2D eigenvalue weighted by atomic mass is 10.1. The average molecular weight is 399 g/mol. The molecule has 0 atom stereocenters. The highest BCUT2D eigenvalue weighted by Crippen LogP contribution is 2.25. The van der Waals surface area contributed by atoms with E-state index in [2.05, 4.69) is 10.2 Å². The van der Waals surface area contributed by atoms with Gasteiger partial charge in [-0.2, -0.15) is 0 Å². The normalized spacial score (nSPS) is 18.1. The van der Waals surface area contributed by atoms with Crippen molar-refractivity contribution < 1.29 is 18.0 Å². The maximum absolute atomic E-state index is 12.6. The molecule has 0 spiro atoms. The number of fused-ring (bicyclic) bond motifs is 1. The standard InChI is InChI=1S/C20H21N3O4S/c24-19(21-16-7-9-17(10-8-16)22-11-3-4-12-22)13-23-20(25)18-6-2-1-5-15(18)14-28(23,26)27/h1-2,5-10H,3-4,11-14H2,(H,21,24). The van der Waals surface area contributed by atoms with Crippen LogP contribution in [0.5, 0.6) is 0 Å². The molecule has 2 aromatic rings. The predicted octanol–water partition coefficient (Wildman–Crippen LogP) is 2.21. The van der Waals surface area contributed by atoms with Crippen molar-refractivity contribution in [2.75, 3.05) is 29.9 Å². The van der Waals surface area contributed by atoms with Crippen LogP contribution < -0.4 is 10.2 Å². The van der Waals surface area contributed by atoms with E-state index in [1.54, 1.807) is 36.4 Å². The van der Waals surface area contributed by atoms with Crippen LogP contribution in [0.25, 0.3) is 0 Å². The molecule has 7 nitrogen and oxygen atoms in total. The zero-order valence-corrected chi connectivity index (χ0v) is 16.1. The third kappa shape index (κ3) is 3.60. The topological polar surface area (TPSA) is 86.8 Å². The minimum Gasteiger partial charge on any atom is -0.372 e. The minimum absolute atomic E-state index is 0.285. The first-order valence-corrected chi connectivity index (χ1v) is 10.8. The molecule has 146 valence electrons. The largest absolute Gasteiger partial charge is 0.372 e. The van der Waals surface area contributed by atoms with Crippen molar-refractivity contribution in [3.8, 4) is 0 Å². The molecule has 2 amide bonds. The summed E-state index contributed by atoms with van der Waals surface area (Å²) in [7, 11) is -3.87. The van der Waals surface area contributed by atoms with Gasteiger partial charge in [0.05, 0.1) is 5.75 Å². The number of amides is 2. The number of nitrogens with one attached hydrogen (secondary N) is 1. The molecule has 1 fully saturated rings. The van der Waals surface area contributed by atoms with Crippen LogP contribution in [0.3, 0.4) is 0 Å². The van der Waals surface area contributed by atoms with Gasteiger partial charge in [0.15, 0.2) is 0 Å². The second-order valence-electron chi connectivity index (χ2n) is 7.01. The molecule has 2 aromatic carbocycles. The first-order valence-electron chi connectivity index (χ1n) is 9.21. The number of anilines is 2. The number of sulfonamides is 1. The van der Waals surface area contributed by atoms with Crippen LogP contribution in [0, 0.1) is 0 Å². The molecule has 28 heavy (non-hydrogen) atoms. The van der Waals surface area contributed by atoms with E-state index in [9.17, 15) is 18.0 Å². The molecule has 0 unspecified atom stereocenters. The average Bonchev–Trinajstić information content (AvgIpc) is 3.20. The molecular formula is C20H21N3O4S. The maximum atomic E-state index is 12.6. The molecule has 2 aliphatic heterocycles. The first-order chi connectivity index (χ1) is 13.4. The van der Waals surface area contributed by atoms with Gasteiger partial charge >= 0.3 is 0 Å². The van der Waals surface area contributed by atoms with E-state index in [0.717, 1.165) is 18.8 Å². The molecule has 0 aromatic heterocycles. The number of carbonyl (C=O) groups excluding carboxylic acids is 2. The second-order valence-corrected chi connectivity index (χ2v) is 8.91. The van der Waals surface area contributed by atoms with E-state index < -0.39 is 28.4 Å². The van der Waals surface area contributed by atoms with Gasteiger partial charge in [-0.1, -0.05) is 18.2 Å². The smallest absolute Gasteiger partial charge is 0.268 e. The zero-order chi connectivity index (χ0) is 19.7. The van der Waals surface area contributed by atoms with Crippen molar-refractivity contribution in [3.05, 3.63) is 59.7 Å². The van der Waals surface area contributed by atoms with Crippen molar-refractivity contribution in [1.29, 1.82) is 0 Å². The Bertz CT molecular complexity index is 1010. The van der Waals surface area contributed by atoms with E-state index in [4.69, 9.17) is 0 Å². The van der Waals surface area contributed by atoms with Gasteiger partial charge in [0.25, 0.3) is 5.91 Å². The fourth-order valence-electron chi connectivity index (χ4n) is 3.62. The summed E-state index contributed by atoms with van der Waals surface area (Å²) in [5.74, 6) is -1.50. The Balaban J connectivity index is 1.45. The Morgan fingerprint density at radius 3 is 2.39 bits per heavy atom. The Hall–Kier alpha value is -2.87. The summed E-state index contributed by atoms with van der Waals surface area (Å²) in [4.78, 5) is 27.2. The van der Waals surface area contributed by atoms with Gasteiger partial charge in [-0.25, -0.2) is 12.7 Å². The monoisotopic (exact) mass is 399 g/mol. The number of rotatable bonds is 4. The number of hydrogen-bond donors (Lipinski definition) is 1. The van der Waals surface area contributed by atoms with Gasteiger partial charge in [0.1, 0.15) is 6.54 Å². The number of carbonyl (C=O) groups is 2. The highest BCUT2D eigenvalue weighted by atomic mass is 32.2. The third-order valence-electron chi connectivity index (χ3n) is 5.06. The van der Waals surface area contributed by atoms with Gasteiger partial charge in [0, 0.05) is 30.0 Å². The summed E-state index contributed by atoms with van der Waals surface area (Å²) in [6.07, 6.45) is 2.36. The fraction of sp³-hybridized carbons (Fsp3) is 0.300. The van der Waals surface area contributed by atoms with Gasteiger partial charge in [0.2, 0.25) is 15.9 Å². The van der Waals surface area contributed by atoms with Crippen molar-refractivity contribution in [2.45, 2.75) is 18.6 Å². The van der Waals surface area contributed by atoms with Crippen molar-refractivity contribution >= 4 is 33.2 Å². The molecule has 1 N–H and O–H groups in total. The van der Waals surface area contributed by atoms with Crippen molar-refractivity contribution in [1.82, 2.24) is 4.31 Å². The van der Waals surface area contributed by atoms with Crippen LogP contribution in [-0.4, -0.2) is 44.2 Å². The van der Waals surface area contributed by atoms with E-state index in [1.165, 1.54) is 12.8 Å². The lowest BCUT2D eigenvalue weighted by molar-refractivity contribution is -0.116. The summed E-state index contributed by atoms with van der Waals surface area (Å²) in [6.45, 7) is 1.52. The second kappa shape index (κ2) is 7.27. The Morgan fingerprint density at radius 1 is 1.00 bits per heavy atom. The van der Waals surface area contributed by atoms with Gasteiger partial charge in [-0.3, -0.25) is 9.59 Å². The molecule has 8 heteroatoms. The summed E-state index contributed by atoms with van der Waals surface area (Å²) in [6, 6.07) is 14.0. The molecule has 4 rings (SSSR count). The number of hydrogen-bond acceptors (Lipinski definition) is 5. The summed E-state index contributed by atoms with van der Waals surface area (Å²) in [5.41, 5.74) is 2.44. The third-order valence-corrected chi connectivity index (χ3v) is 6.70. The molecule has 1 saturated heterocycles. The van der Waals surface area contributed by atoms with Crippen molar-refractivity contribution in [3.63, 3.8) is 0 Å². The zero-order valence-electron chi connectivity index (χ0n) is 15.3. The van der Waals surface area contributed by atoms with Gasteiger partial charge in [-0.05, 0) is 48.7 Å². The van der Waals surface area contributed by atoms with Crippen LogP contribution in [0.1, 0.15) is 28.8 Å². The Kier molecular flexibility index (Phi) is 4.80. The quantitative estimate of drug-likeness (QED) is 0.852. The first kappa shape index (κ1) is 18.5. The highest BCUT2D eigenvalue weighted by Gasteiger charge is 2.36. The minimum atomic E-state index is -3.87. The lowest BCUT2D eigenvalue weighted by Gasteiger charge is -2.27. The molecule has 2 heterocycles. The molecule has 0 aliphatic carbocycles. The van der Waals surface area contributed by atoms with Crippen molar-refractivity contribution in [2.24, 2.45) is 0 Å². The Labute approximate surface area is 164 Å². The van der Waals surface area contributed by atoms with Crippen LogP contribution in [0.2, 0.25) is 0 Å². The van der Waals surface area contributed by atoms with E-state index >= 15 is 0 Å². The number of benzene rings is 2. The van der Waals surface area contributed by atoms with E-state index in [1.807, 2.05) is 12.1 Å². The van der Waals surface area contributed by atoms with Gasteiger partial charge in [-0.15, -0.1) is 0 Å². The summed E-state index contributed by atoms with van der Waals surface area (Å²) >= 11 is 0. The Morgan fingerprint density at radius 2 is 1.68 bits per heavy atom. The van der Waals surface area contributed by atoms with E-state index in [0.29, 0.717) is 21.1 Å². The summed E-state index contributed by atoms with van der Waals surface area (Å²) < 4.78 is 25.6. The highest BCUT2D eigenvalue weighted by molar-refractivity contribution is 7.89. The molecular weight excluding hydrogens is 378 g/mol. The lowest BCUT2D eigenvalue weighted by Crippen LogP contribution is -2.45. The predicted molar refractivity (Wildman–Crippen MR) is 107 cm³/mol. The maximum Gasteiger partial charge on any atom is 0.268 e. The van der Waals surface area contributed by atoms with Crippen LogP contribution in [0.15, 0.2) is 48.5 Å².